The number of benzene rings is 2. The van der Waals surface area contributed by atoms with Crippen molar-refractivity contribution in [1.29, 1.82) is 0 Å². The Labute approximate surface area is 146 Å². The Morgan fingerprint density at radius 2 is 1.44 bits per heavy atom. The molecule has 1 heterocycles. The van der Waals surface area contributed by atoms with Gasteiger partial charge in [-0.3, -0.25) is 9.69 Å². The summed E-state index contributed by atoms with van der Waals surface area (Å²) in [5.74, 6) is -0.764. The highest BCUT2D eigenvalue weighted by Crippen LogP contribution is 2.16. The van der Waals surface area contributed by atoms with Gasteiger partial charge in [0.05, 0.1) is 0 Å². The molecule has 3 rings (SSSR count). The maximum absolute atomic E-state index is 13.0. The van der Waals surface area contributed by atoms with Crippen LogP contribution in [0.4, 0.5) is 14.5 Å². The molecule has 1 fully saturated rings. The van der Waals surface area contributed by atoms with E-state index in [0.29, 0.717) is 12.1 Å². The minimum atomic E-state index is -0.351. The quantitative estimate of drug-likeness (QED) is 0.905. The third kappa shape index (κ3) is 4.76. The fourth-order valence-electron chi connectivity index (χ4n) is 2.91. The molecule has 6 heteroatoms. The highest BCUT2D eigenvalue weighted by molar-refractivity contribution is 5.94. The topological polar surface area (TPSA) is 35.6 Å². The summed E-state index contributed by atoms with van der Waals surface area (Å²) in [4.78, 5) is 16.5. The zero-order valence-electron chi connectivity index (χ0n) is 13.9. The normalized spacial score (nSPS) is 15.2. The van der Waals surface area contributed by atoms with Crippen molar-refractivity contribution in [2.75, 3.05) is 44.2 Å². The van der Waals surface area contributed by atoms with Gasteiger partial charge in [0.15, 0.2) is 0 Å². The van der Waals surface area contributed by atoms with Gasteiger partial charge in [-0.05, 0) is 48.5 Å². The summed E-state index contributed by atoms with van der Waals surface area (Å²) >= 11 is 0. The van der Waals surface area contributed by atoms with E-state index in [4.69, 9.17) is 0 Å². The molecule has 4 nitrogen and oxygen atoms in total. The minimum absolute atomic E-state index is 0.190. The van der Waals surface area contributed by atoms with Crippen LogP contribution in [0, 0.1) is 11.6 Å². The van der Waals surface area contributed by atoms with Crippen molar-refractivity contribution in [2.45, 2.75) is 0 Å². The zero-order valence-corrected chi connectivity index (χ0v) is 13.9. The van der Waals surface area contributed by atoms with Gasteiger partial charge in [-0.15, -0.1) is 0 Å². The number of hydrogen-bond donors (Lipinski definition) is 1. The Morgan fingerprint density at radius 1 is 0.880 bits per heavy atom. The van der Waals surface area contributed by atoms with Crippen LogP contribution in [0.1, 0.15) is 10.4 Å². The average Bonchev–Trinajstić information content (AvgIpc) is 2.63. The summed E-state index contributed by atoms with van der Waals surface area (Å²) in [5.41, 5.74) is 1.49. The molecule has 132 valence electrons. The Bertz CT molecular complexity index is 696. The molecule has 0 aromatic heterocycles. The number of carbonyl (C=O) groups is 1. The predicted molar refractivity (Wildman–Crippen MR) is 93.8 cm³/mol. The Hall–Kier alpha value is -2.47. The predicted octanol–water partition coefficient (Wildman–Crippen LogP) is 2.52. The summed E-state index contributed by atoms with van der Waals surface area (Å²) in [5, 5.41) is 2.86. The van der Waals surface area contributed by atoms with Gasteiger partial charge in [-0.25, -0.2) is 8.78 Å². The molecule has 0 unspecified atom stereocenters. The third-order valence-electron chi connectivity index (χ3n) is 4.38. The fraction of sp³-hybridized carbons (Fsp3) is 0.316. The number of nitrogens with zero attached hydrogens (tertiary/aromatic N) is 2. The van der Waals surface area contributed by atoms with E-state index >= 15 is 0 Å². The maximum atomic E-state index is 13.0. The number of amides is 1. The van der Waals surface area contributed by atoms with Crippen molar-refractivity contribution < 1.29 is 13.6 Å². The molecule has 0 atom stereocenters. The van der Waals surface area contributed by atoms with Crippen LogP contribution in [0.15, 0.2) is 48.5 Å². The number of carbonyl (C=O) groups excluding carboxylic acids is 1. The average molecular weight is 345 g/mol. The van der Waals surface area contributed by atoms with Gasteiger partial charge in [-0.2, -0.15) is 0 Å². The highest BCUT2D eigenvalue weighted by Gasteiger charge is 2.17. The van der Waals surface area contributed by atoms with E-state index in [2.05, 4.69) is 15.1 Å². The Balaban J connectivity index is 1.40. The van der Waals surface area contributed by atoms with E-state index < -0.39 is 0 Å². The SMILES string of the molecule is O=C(NCCN1CCN(c2ccc(F)cc2)CC1)c1ccc(F)cc1. The van der Waals surface area contributed by atoms with Gasteiger partial charge in [0, 0.05) is 50.5 Å². The smallest absolute Gasteiger partial charge is 0.251 e. The first-order valence-corrected chi connectivity index (χ1v) is 8.38. The number of hydrogen-bond acceptors (Lipinski definition) is 3. The second-order valence-corrected chi connectivity index (χ2v) is 6.07. The first-order chi connectivity index (χ1) is 12.1. The van der Waals surface area contributed by atoms with E-state index in [0.717, 1.165) is 38.4 Å². The highest BCUT2D eigenvalue weighted by atomic mass is 19.1. The van der Waals surface area contributed by atoms with Crippen LogP contribution < -0.4 is 10.2 Å². The van der Waals surface area contributed by atoms with Gasteiger partial charge < -0.3 is 10.2 Å². The standard InChI is InChI=1S/C19H21F2N3O/c20-16-3-1-15(2-4-16)19(25)22-9-10-23-11-13-24(14-12-23)18-7-5-17(21)6-8-18/h1-8H,9-14H2,(H,22,25). The Morgan fingerprint density at radius 3 is 2.04 bits per heavy atom. The summed E-state index contributed by atoms with van der Waals surface area (Å²) in [6.07, 6.45) is 0. The van der Waals surface area contributed by atoms with Crippen molar-refractivity contribution in [3.8, 4) is 0 Å². The lowest BCUT2D eigenvalue weighted by Crippen LogP contribution is -2.48. The van der Waals surface area contributed by atoms with E-state index in [1.54, 1.807) is 12.1 Å². The van der Waals surface area contributed by atoms with Gasteiger partial charge in [0.2, 0.25) is 0 Å². The van der Waals surface area contributed by atoms with E-state index in [1.807, 2.05) is 0 Å². The van der Waals surface area contributed by atoms with Crippen LogP contribution in [-0.2, 0) is 0 Å². The molecule has 25 heavy (non-hydrogen) atoms. The molecule has 0 spiro atoms. The van der Waals surface area contributed by atoms with Crippen molar-refractivity contribution >= 4 is 11.6 Å². The number of rotatable bonds is 5. The number of nitrogens with one attached hydrogen (secondary N) is 1. The third-order valence-corrected chi connectivity index (χ3v) is 4.38. The van der Waals surface area contributed by atoms with Gasteiger partial charge in [-0.1, -0.05) is 0 Å². The van der Waals surface area contributed by atoms with Crippen LogP contribution in [-0.4, -0.2) is 50.1 Å². The van der Waals surface area contributed by atoms with Gasteiger partial charge in [0.25, 0.3) is 5.91 Å². The molecular formula is C19H21F2N3O. The van der Waals surface area contributed by atoms with Gasteiger partial charge >= 0.3 is 0 Å². The summed E-state index contributed by atoms with van der Waals surface area (Å²) in [6.45, 7) is 4.85. The van der Waals surface area contributed by atoms with Crippen LogP contribution >= 0.6 is 0 Å². The largest absolute Gasteiger partial charge is 0.369 e. The molecular weight excluding hydrogens is 324 g/mol. The van der Waals surface area contributed by atoms with E-state index in [1.165, 1.54) is 36.4 Å². The van der Waals surface area contributed by atoms with Crippen molar-refractivity contribution in [3.05, 3.63) is 65.7 Å². The lowest BCUT2D eigenvalue weighted by Gasteiger charge is -2.36. The molecule has 0 radical (unpaired) electrons. The number of anilines is 1. The molecule has 1 amide bonds. The maximum Gasteiger partial charge on any atom is 0.251 e. The first kappa shape index (κ1) is 17.4. The van der Waals surface area contributed by atoms with Crippen LogP contribution in [0.3, 0.4) is 0 Å². The van der Waals surface area contributed by atoms with Crippen LogP contribution in [0.25, 0.3) is 0 Å². The number of halogens is 2. The van der Waals surface area contributed by atoms with Crippen LogP contribution in [0.2, 0.25) is 0 Å². The molecule has 1 N–H and O–H groups in total. The Kier molecular flexibility index (Phi) is 5.60. The van der Waals surface area contributed by atoms with Crippen molar-refractivity contribution in [2.24, 2.45) is 0 Å². The molecule has 2 aromatic rings. The van der Waals surface area contributed by atoms with E-state index in [9.17, 15) is 13.6 Å². The van der Waals surface area contributed by atoms with Crippen LogP contribution in [0.5, 0.6) is 0 Å². The lowest BCUT2D eigenvalue weighted by atomic mass is 10.2. The number of piperazine rings is 1. The monoisotopic (exact) mass is 345 g/mol. The second-order valence-electron chi connectivity index (χ2n) is 6.07. The molecule has 1 aliphatic rings. The molecule has 0 aliphatic carbocycles. The molecule has 1 saturated heterocycles. The molecule has 2 aromatic carbocycles. The van der Waals surface area contributed by atoms with Crippen molar-refractivity contribution in [3.63, 3.8) is 0 Å². The fourth-order valence-corrected chi connectivity index (χ4v) is 2.91. The molecule has 0 bridgehead atoms. The minimum Gasteiger partial charge on any atom is -0.369 e. The summed E-state index contributed by atoms with van der Waals surface area (Å²) < 4.78 is 25.8. The van der Waals surface area contributed by atoms with Crippen molar-refractivity contribution in [1.82, 2.24) is 10.2 Å². The van der Waals surface area contributed by atoms with E-state index in [-0.39, 0.29) is 17.5 Å². The summed E-state index contributed by atoms with van der Waals surface area (Å²) in [7, 11) is 0. The first-order valence-electron chi connectivity index (χ1n) is 8.38. The zero-order chi connectivity index (χ0) is 17.6. The molecule has 0 saturated carbocycles. The second kappa shape index (κ2) is 8.07. The summed E-state index contributed by atoms with van der Waals surface area (Å²) in [6, 6.07) is 12.1. The molecule has 1 aliphatic heterocycles. The van der Waals surface area contributed by atoms with Gasteiger partial charge in [0.1, 0.15) is 11.6 Å². The lowest BCUT2D eigenvalue weighted by molar-refractivity contribution is 0.0947.